The van der Waals surface area contributed by atoms with Crippen molar-refractivity contribution in [3.05, 3.63) is 29.8 Å². The molecule has 0 heterocycles. The molecule has 0 aliphatic heterocycles. The zero-order valence-electron chi connectivity index (χ0n) is 12.4. The molecule has 0 fully saturated rings. The largest absolute Gasteiger partial charge is 0.471 e. The molecule has 0 saturated heterocycles. The molecule has 0 amide bonds. The predicted molar refractivity (Wildman–Crippen MR) is 67.8 cm³/mol. The van der Waals surface area contributed by atoms with Crippen LogP contribution in [0.1, 0.15) is 26.3 Å². The van der Waals surface area contributed by atoms with E-state index in [1.807, 2.05) is 0 Å². The number of carbonyl (C=O) groups excluding carboxylic acids is 1. The number of rotatable bonds is 4. The Kier molecular flexibility index (Phi) is 5.23. The van der Waals surface area contributed by atoms with Gasteiger partial charge in [0.15, 0.2) is 0 Å². The van der Waals surface area contributed by atoms with E-state index < -0.39 is 35.8 Å². The Morgan fingerprint density at radius 1 is 0.957 bits per heavy atom. The van der Waals surface area contributed by atoms with Crippen molar-refractivity contribution in [3.8, 4) is 5.75 Å². The Labute approximate surface area is 128 Å². The summed E-state index contributed by atoms with van der Waals surface area (Å²) in [5, 5.41) is 0. The average molecular weight is 344 g/mol. The molecule has 1 aromatic rings. The van der Waals surface area contributed by atoms with Gasteiger partial charge in [0.1, 0.15) is 11.4 Å². The third-order valence-corrected chi connectivity index (χ3v) is 2.80. The zero-order chi connectivity index (χ0) is 18.1. The highest BCUT2D eigenvalue weighted by atomic mass is 19.4. The van der Waals surface area contributed by atoms with Crippen molar-refractivity contribution in [2.45, 2.75) is 44.8 Å². The van der Waals surface area contributed by atoms with Crippen molar-refractivity contribution in [1.82, 2.24) is 0 Å². The van der Waals surface area contributed by atoms with Crippen LogP contribution in [0.2, 0.25) is 0 Å². The lowest BCUT2D eigenvalue weighted by atomic mass is 9.98. The van der Waals surface area contributed by atoms with Crippen molar-refractivity contribution < 1.29 is 40.6 Å². The summed E-state index contributed by atoms with van der Waals surface area (Å²) in [6.45, 7) is 4.23. The molecule has 23 heavy (non-hydrogen) atoms. The summed E-state index contributed by atoms with van der Waals surface area (Å²) in [6.07, 6.45) is -15.1. The van der Waals surface area contributed by atoms with Crippen LogP contribution in [0.15, 0.2) is 24.3 Å². The summed E-state index contributed by atoms with van der Waals surface area (Å²) in [5.74, 6) is -1.18. The van der Waals surface area contributed by atoms with Crippen LogP contribution in [0.25, 0.3) is 0 Å². The first-order chi connectivity index (χ1) is 10.2. The number of ether oxygens (including phenoxy) is 2. The fourth-order valence-electron chi connectivity index (χ4n) is 1.81. The predicted octanol–water partition coefficient (Wildman–Crippen LogP) is 4.36. The monoisotopic (exact) mass is 344 g/mol. The molecule has 0 saturated carbocycles. The Bertz CT molecular complexity index is 531. The first-order valence-corrected chi connectivity index (χ1v) is 6.33. The minimum atomic E-state index is -5.59. The number of benzene rings is 1. The van der Waals surface area contributed by atoms with Gasteiger partial charge in [-0.05, 0) is 31.5 Å². The zero-order valence-corrected chi connectivity index (χ0v) is 12.4. The second-order valence-electron chi connectivity index (χ2n) is 5.21. The molecule has 0 aromatic heterocycles. The van der Waals surface area contributed by atoms with E-state index >= 15 is 0 Å². The summed E-state index contributed by atoms with van der Waals surface area (Å²) in [6, 6.07) is 4.35. The summed E-state index contributed by atoms with van der Waals surface area (Å²) < 4.78 is 83.5. The van der Waals surface area contributed by atoms with Crippen molar-refractivity contribution in [2.75, 3.05) is 0 Å². The van der Waals surface area contributed by atoms with Gasteiger partial charge in [0, 0.05) is 6.92 Å². The molecule has 0 aliphatic rings. The number of hydrogen-bond donors (Lipinski definition) is 0. The lowest BCUT2D eigenvalue weighted by Crippen LogP contribution is -2.46. The molecule has 1 aromatic carbocycles. The molecule has 0 aliphatic carbocycles. The van der Waals surface area contributed by atoms with Gasteiger partial charge in [-0.15, -0.1) is 0 Å². The van der Waals surface area contributed by atoms with Crippen LogP contribution >= 0.6 is 0 Å². The molecule has 0 N–H and O–H groups in total. The third kappa shape index (κ3) is 5.33. The van der Waals surface area contributed by atoms with E-state index in [0.29, 0.717) is 5.56 Å². The van der Waals surface area contributed by atoms with Crippen molar-refractivity contribution in [3.63, 3.8) is 0 Å². The maximum absolute atomic E-state index is 12.4. The number of esters is 1. The maximum Gasteiger partial charge on any atom is 0.434 e. The highest BCUT2D eigenvalue weighted by Crippen LogP contribution is 2.37. The Hall–Kier alpha value is -1.93. The summed E-state index contributed by atoms with van der Waals surface area (Å²) >= 11 is 0. The standard InChI is InChI=1S/C14H14F6O3/c1-8(21)23-12(2,3)9-4-6-10(7-5-9)22-11(13(15,16)17)14(18,19)20/h4-7,11H,1-3H3. The molecular weight excluding hydrogens is 330 g/mol. The van der Waals surface area contributed by atoms with Crippen molar-refractivity contribution in [2.24, 2.45) is 0 Å². The second kappa shape index (κ2) is 6.29. The van der Waals surface area contributed by atoms with Gasteiger partial charge in [-0.25, -0.2) is 0 Å². The second-order valence-corrected chi connectivity index (χ2v) is 5.21. The quantitative estimate of drug-likeness (QED) is 0.601. The summed E-state index contributed by atoms with van der Waals surface area (Å²) in [7, 11) is 0. The van der Waals surface area contributed by atoms with E-state index in [9.17, 15) is 31.1 Å². The minimum absolute atomic E-state index is 0.385. The molecule has 0 atom stereocenters. The highest BCUT2D eigenvalue weighted by Gasteiger charge is 2.59. The number of halogens is 6. The van der Waals surface area contributed by atoms with Gasteiger partial charge in [0.25, 0.3) is 6.10 Å². The minimum Gasteiger partial charge on any atom is -0.471 e. The smallest absolute Gasteiger partial charge is 0.434 e. The van der Waals surface area contributed by atoms with Crippen molar-refractivity contribution in [1.29, 1.82) is 0 Å². The topological polar surface area (TPSA) is 35.5 Å². The van der Waals surface area contributed by atoms with Crippen LogP contribution in [0.3, 0.4) is 0 Å². The maximum atomic E-state index is 12.4. The highest BCUT2D eigenvalue weighted by molar-refractivity contribution is 5.66. The van der Waals surface area contributed by atoms with E-state index in [1.54, 1.807) is 0 Å². The van der Waals surface area contributed by atoms with E-state index in [-0.39, 0.29) is 0 Å². The molecule has 3 nitrogen and oxygen atoms in total. The Balaban J connectivity index is 2.98. The normalized spacial score (nSPS) is 13.1. The molecule has 0 radical (unpaired) electrons. The van der Waals surface area contributed by atoms with Gasteiger partial charge < -0.3 is 9.47 Å². The lowest BCUT2D eigenvalue weighted by molar-refractivity contribution is -0.299. The fraction of sp³-hybridized carbons (Fsp3) is 0.500. The summed E-state index contributed by atoms with van der Waals surface area (Å²) in [4.78, 5) is 11.0. The Morgan fingerprint density at radius 3 is 1.74 bits per heavy atom. The summed E-state index contributed by atoms with van der Waals surface area (Å²) in [5.41, 5.74) is -0.701. The van der Waals surface area contributed by atoms with Crippen LogP contribution in [-0.2, 0) is 15.1 Å². The van der Waals surface area contributed by atoms with Crippen LogP contribution in [0, 0.1) is 0 Å². The van der Waals surface area contributed by atoms with E-state index in [2.05, 4.69) is 4.74 Å². The van der Waals surface area contributed by atoms with Gasteiger partial charge in [0.2, 0.25) is 0 Å². The number of carbonyl (C=O) groups is 1. The van der Waals surface area contributed by atoms with Gasteiger partial charge in [-0.3, -0.25) is 4.79 Å². The molecule has 0 bridgehead atoms. The van der Waals surface area contributed by atoms with Crippen LogP contribution in [-0.4, -0.2) is 24.4 Å². The number of alkyl halides is 6. The molecule has 130 valence electrons. The van der Waals surface area contributed by atoms with E-state index in [0.717, 1.165) is 12.1 Å². The first-order valence-electron chi connectivity index (χ1n) is 6.33. The van der Waals surface area contributed by atoms with Crippen LogP contribution < -0.4 is 4.74 Å². The molecule has 1 rings (SSSR count). The van der Waals surface area contributed by atoms with Gasteiger partial charge >= 0.3 is 18.3 Å². The third-order valence-electron chi connectivity index (χ3n) is 2.80. The van der Waals surface area contributed by atoms with Crippen LogP contribution in [0.5, 0.6) is 5.75 Å². The molecule has 0 unspecified atom stereocenters. The van der Waals surface area contributed by atoms with Gasteiger partial charge in [-0.1, -0.05) is 12.1 Å². The van der Waals surface area contributed by atoms with Crippen molar-refractivity contribution >= 4 is 5.97 Å². The fourth-order valence-corrected chi connectivity index (χ4v) is 1.81. The first kappa shape index (κ1) is 19.1. The van der Waals surface area contributed by atoms with E-state index in [4.69, 9.17) is 4.74 Å². The molecule has 9 heteroatoms. The SMILES string of the molecule is CC(=O)OC(C)(C)c1ccc(OC(C(F)(F)F)C(F)(F)F)cc1. The number of hydrogen-bond acceptors (Lipinski definition) is 3. The Morgan fingerprint density at radius 2 is 1.39 bits per heavy atom. The van der Waals surface area contributed by atoms with Gasteiger partial charge in [-0.2, -0.15) is 26.3 Å². The molecule has 0 spiro atoms. The van der Waals surface area contributed by atoms with E-state index in [1.165, 1.54) is 32.9 Å². The molecular formula is C14H14F6O3. The van der Waals surface area contributed by atoms with Gasteiger partial charge in [0.05, 0.1) is 0 Å². The van der Waals surface area contributed by atoms with Crippen LogP contribution in [0.4, 0.5) is 26.3 Å². The lowest BCUT2D eigenvalue weighted by Gasteiger charge is -2.26. The average Bonchev–Trinajstić information content (AvgIpc) is 2.32.